The predicted octanol–water partition coefficient (Wildman–Crippen LogP) is 6.04. The van der Waals surface area contributed by atoms with Crippen molar-refractivity contribution in [3.05, 3.63) is 99.5 Å². The molecule has 184 valence electrons. The van der Waals surface area contributed by atoms with Gasteiger partial charge in [-0.1, -0.05) is 76.9 Å². The van der Waals surface area contributed by atoms with Crippen molar-refractivity contribution in [1.29, 1.82) is 0 Å². The van der Waals surface area contributed by atoms with E-state index >= 15 is 0 Å². The van der Waals surface area contributed by atoms with Crippen LogP contribution >= 0.6 is 27.5 Å². The molecule has 0 heterocycles. The molecule has 0 saturated carbocycles. The van der Waals surface area contributed by atoms with Crippen LogP contribution in [0.1, 0.15) is 31.4 Å². The minimum absolute atomic E-state index is 0.00715. The molecule has 0 unspecified atom stereocenters. The summed E-state index contributed by atoms with van der Waals surface area (Å²) in [6.07, 6.45) is 1.18. The van der Waals surface area contributed by atoms with Gasteiger partial charge in [-0.2, -0.15) is 0 Å². The minimum Gasteiger partial charge on any atom is -0.484 e. The number of carbonyl (C=O) groups is 2. The van der Waals surface area contributed by atoms with Crippen molar-refractivity contribution in [2.24, 2.45) is 0 Å². The zero-order valence-electron chi connectivity index (χ0n) is 19.9. The molecule has 3 rings (SSSR count). The van der Waals surface area contributed by atoms with Gasteiger partial charge in [-0.15, -0.1) is 0 Å². The largest absolute Gasteiger partial charge is 0.484 e. The molecule has 0 spiro atoms. The van der Waals surface area contributed by atoms with Crippen LogP contribution in [0.25, 0.3) is 0 Å². The van der Waals surface area contributed by atoms with Gasteiger partial charge in [0.1, 0.15) is 11.8 Å². The lowest BCUT2D eigenvalue weighted by molar-refractivity contribution is -0.143. The Morgan fingerprint density at radius 3 is 2.26 bits per heavy atom. The van der Waals surface area contributed by atoms with Gasteiger partial charge in [0.25, 0.3) is 5.91 Å². The first-order chi connectivity index (χ1) is 16.9. The van der Waals surface area contributed by atoms with E-state index in [2.05, 4.69) is 21.2 Å². The van der Waals surface area contributed by atoms with Crippen molar-refractivity contribution < 1.29 is 14.3 Å². The lowest BCUT2D eigenvalue weighted by atomic mass is 10.0. The number of nitrogens with zero attached hydrogens (tertiary/aromatic N) is 1. The number of ether oxygens (including phenoxy) is 1. The lowest BCUT2D eigenvalue weighted by Gasteiger charge is -2.32. The quantitative estimate of drug-likeness (QED) is 0.313. The Bertz CT molecular complexity index is 1090. The zero-order valence-corrected chi connectivity index (χ0v) is 22.3. The molecule has 5 nitrogen and oxygen atoms in total. The third kappa shape index (κ3) is 8.41. The smallest absolute Gasteiger partial charge is 0.261 e. The van der Waals surface area contributed by atoms with Gasteiger partial charge in [0.05, 0.1) is 0 Å². The maximum Gasteiger partial charge on any atom is 0.261 e. The molecule has 0 aromatic heterocycles. The van der Waals surface area contributed by atoms with Gasteiger partial charge in [0, 0.05) is 28.5 Å². The number of carbonyl (C=O) groups excluding carboxylic acids is 2. The van der Waals surface area contributed by atoms with Crippen molar-refractivity contribution in [1.82, 2.24) is 10.2 Å². The standard InChI is InChI=1S/C28H30BrClN2O3/c1-3-20(2)31-28(34)26(17-21-7-5-4-6-8-21)32(18-22-9-13-24(30)14-10-22)27(33)19-35-25-15-11-23(29)12-16-25/h4-16,20,26H,3,17-19H2,1-2H3,(H,31,34)/t20-,26-/m0/s1. The van der Waals surface area contributed by atoms with Gasteiger partial charge in [0.15, 0.2) is 6.61 Å². The average molecular weight is 558 g/mol. The Balaban J connectivity index is 1.89. The molecule has 0 aliphatic heterocycles. The lowest BCUT2D eigenvalue weighted by Crippen LogP contribution is -2.53. The summed E-state index contributed by atoms with van der Waals surface area (Å²) in [6, 6.07) is 23.6. The summed E-state index contributed by atoms with van der Waals surface area (Å²) in [5.41, 5.74) is 1.85. The fourth-order valence-corrected chi connectivity index (χ4v) is 3.93. The molecule has 0 saturated heterocycles. The van der Waals surface area contributed by atoms with Gasteiger partial charge in [-0.05, 0) is 60.9 Å². The summed E-state index contributed by atoms with van der Waals surface area (Å²) in [6.45, 7) is 4.04. The molecule has 3 aromatic carbocycles. The number of benzene rings is 3. The fourth-order valence-electron chi connectivity index (χ4n) is 3.54. The van der Waals surface area contributed by atoms with Crippen LogP contribution in [0.4, 0.5) is 0 Å². The van der Waals surface area contributed by atoms with E-state index in [4.69, 9.17) is 16.3 Å². The molecule has 0 aliphatic rings. The predicted molar refractivity (Wildman–Crippen MR) is 143 cm³/mol. The highest BCUT2D eigenvalue weighted by Gasteiger charge is 2.31. The van der Waals surface area contributed by atoms with Gasteiger partial charge >= 0.3 is 0 Å². The Labute approximate surface area is 220 Å². The Hall–Kier alpha value is -2.83. The summed E-state index contributed by atoms with van der Waals surface area (Å²) in [5, 5.41) is 3.67. The molecule has 0 bridgehead atoms. The molecule has 0 radical (unpaired) electrons. The van der Waals surface area contributed by atoms with Crippen molar-refractivity contribution >= 4 is 39.3 Å². The molecule has 0 aliphatic carbocycles. The topological polar surface area (TPSA) is 58.6 Å². The van der Waals surface area contributed by atoms with E-state index in [0.29, 0.717) is 17.2 Å². The molecule has 1 N–H and O–H groups in total. The number of nitrogens with one attached hydrogen (secondary N) is 1. The normalized spacial score (nSPS) is 12.5. The molecule has 3 aromatic rings. The zero-order chi connectivity index (χ0) is 25.2. The van der Waals surface area contributed by atoms with Gasteiger partial charge in [-0.3, -0.25) is 9.59 Å². The van der Waals surface area contributed by atoms with E-state index < -0.39 is 6.04 Å². The molecule has 0 fully saturated rings. The maximum absolute atomic E-state index is 13.5. The van der Waals surface area contributed by atoms with E-state index in [9.17, 15) is 9.59 Å². The van der Waals surface area contributed by atoms with E-state index in [1.54, 1.807) is 29.2 Å². The van der Waals surface area contributed by atoms with E-state index in [1.807, 2.05) is 68.4 Å². The van der Waals surface area contributed by atoms with Gasteiger partial charge < -0.3 is 15.0 Å². The van der Waals surface area contributed by atoms with Crippen LogP contribution < -0.4 is 10.1 Å². The average Bonchev–Trinajstić information content (AvgIpc) is 2.87. The summed E-state index contributed by atoms with van der Waals surface area (Å²) >= 11 is 9.46. The van der Waals surface area contributed by atoms with Crippen molar-refractivity contribution in [2.45, 2.75) is 45.3 Å². The summed E-state index contributed by atoms with van der Waals surface area (Å²) in [4.78, 5) is 28.6. The fraction of sp³-hybridized carbons (Fsp3) is 0.286. The second-order valence-electron chi connectivity index (χ2n) is 8.41. The van der Waals surface area contributed by atoms with Crippen LogP contribution in [0.3, 0.4) is 0 Å². The second-order valence-corrected chi connectivity index (χ2v) is 9.77. The molecular weight excluding hydrogens is 528 g/mol. The van der Waals surface area contributed by atoms with Crippen LogP contribution in [0.15, 0.2) is 83.3 Å². The molecule has 35 heavy (non-hydrogen) atoms. The second kappa shape index (κ2) is 13.3. The molecule has 7 heteroatoms. The van der Waals surface area contributed by atoms with Crippen LogP contribution in [0, 0.1) is 0 Å². The van der Waals surface area contributed by atoms with Crippen LogP contribution in [-0.2, 0) is 22.6 Å². The van der Waals surface area contributed by atoms with Crippen molar-refractivity contribution in [2.75, 3.05) is 6.61 Å². The third-order valence-electron chi connectivity index (χ3n) is 5.71. The molecular formula is C28H30BrClN2O3. The molecule has 2 atom stereocenters. The highest BCUT2D eigenvalue weighted by Crippen LogP contribution is 2.19. The van der Waals surface area contributed by atoms with Crippen LogP contribution in [0.5, 0.6) is 5.75 Å². The number of rotatable bonds is 11. The SMILES string of the molecule is CC[C@H](C)NC(=O)[C@H](Cc1ccccc1)N(Cc1ccc(Cl)cc1)C(=O)COc1ccc(Br)cc1. The molecule has 2 amide bonds. The first kappa shape index (κ1) is 26.8. The summed E-state index contributed by atoms with van der Waals surface area (Å²) < 4.78 is 6.70. The van der Waals surface area contributed by atoms with Crippen molar-refractivity contribution in [3.63, 3.8) is 0 Å². The van der Waals surface area contributed by atoms with E-state index in [-0.39, 0.29) is 31.0 Å². The van der Waals surface area contributed by atoms with Crippen molar-refractivity contribution in [3.8, 4) is 5.75 Å². The van der Waals surface area contributed by atoms with Crippen LogP contribution in [0.2, 0.25) is 5.02 Å². The van der Waals surface area contributed by atoms with Gasteiger partial charge in [0.2, 0.25) is 5.91 Å². The third-order valence-corrected chi connectivity index (χ3v) is 6.49. The first-order valence-electron chi connectivity index (χ1n) is 11.6. The first-order valence-corrected chi connectivity index (χ1v) is 12.8. The summed E-state index contributed by atoms with van der Waals surface area (Å²) in [7, 11) is 0. The number of hydrogen-bond donors (Lipinski definition) is 1. The Morgan fingerprint density at radius 2 is 1.63 bits per heavy atom. The minimum atomic E-state index is -0.705. The van der Waals surface area contributed by atoms with Gasteiger partial charge in [-0.25, -0.2) is 0 Å². The number of amides is 2. The van der Waals surface area contributed by atoms with Crippen LogP contribution in [-0.4, -0.2) is 35.4 Å². The number of hydrogen-bond acceptors (Lipinski definition) is 3. The maximum atomic E-state index is 13.5. The van der Waals surface area contributed by atoms with E-state index in [0.717, 1.165) is 22.0 Å². The van der Waals surface area contributed by atoms with E-state index in [1.165, 1.54) is 0 Å². The number of halogens is 2. The highest BCUT2D eigenvalue weighted by atomic mass is 79.9. The Kier molecular flexibility index (Phi) is 10.2. The monoisotopic (exact) mass is 556 g/mol. The summed E-state index contributed by atoms with van der Waals surface area (Å²) in [5.74, 6) is 0.119. The Morgan fingerprint density at radius 1 is 0.971 bits per heavy atom. The highest BCUT2D eigenvalue weighted by molar-refractivity contribution is 9.10.